The standard InChI is InChI=1S/C13H22N4O2/c1-19-13-12(14-4-5-16-13)15-6-9-17-7-2-11(10-18)3-8-17/h4-5,11,18H,2-3,6-10H2,1H3,(H,14,15). The monoisotopic (exact) mass is 266 g/mol. The molecule has 1 aliphatic heterocycles. The molecule has 1 saturated heterocycles. The van der Waals surface area contributed by atoms with Gasteiger partial charge in [-0.1, -0.05) is 0 Å². The largest absolute Gasteiger partial charge is 0.478 e. The minimum absolute atomic E-state index is 0.322. The summed E-state index contributed by atoms with van der Waals surface area (Å²) in [5.74, 6) is 1.71. The van der Waals surface area contributed by atoms with E-state index in [1.54, 1.807) is 19.5 Å². The molecule has 6 heteroatoms. The molecule has 19 heavy (non-hydrogen) atoms. The average Bonchev–Trinajstić information content (AvgIpc) is 2.48. The van der Waals surface area contributed by atoms with E-state index in [0.29, 0.717) is 24.2 Å². The second kappa shape index (κ2) is 7.25. The highest BCUT2D eigenvalue weighted by Crippen LogP contribution is 2.17. The molecule has 1 fully saturated rings. The van der Waals surface area contributed by atoms with Crippen LogP contribution in [0.1, 0.15) is 12.8 Å². The fraction of sp³-hybridized carbons (Fsp3) is 0.692. The van der Waals surface area contributed by atoms with Crippen LogP contribution < -0.4 is 10.1 Å². The zero-order valence-electron chi connectivity index (χ0n) is 11.4. The Morgan fingerprint density at radius 1 is 1.37 bits per heavy atom. The second-order valence-corrected chi connectivity index (χ2v) is 4.81. The first-order valence-corrected chi connectivity index (χ1v) is 6.75. The lowest BCUT2D eigenvalue weighted by molar-refractivity contribution is 0.134. The van der Waals surface area contributed by atoms with Crippen LogP contribution in [0.5, 0.6) is 5.88 Å². The zero-order chi connectivity index (χ0) is 13.5. The molecule has 1 aromatic rings. The number of hydrogen-bond donors (Lipinski definition) is 2. The second-order valence-electron chi connectivity index (χ2n) is 4.81. The number of piperidine rings is 1. The van der Waals surface area contributed by atoms with Crippen molar-refractivity contribution >= 4 is 5.82 Å². The molecule has 0 unspecified atom stereocenters. The summed E-state index contributed by atoms with van der Waals surface area (Å²) < 4.78 is 5.14. The predicted molar refractivity (Wildman–Crippen MR) is 73.3 cm³/mol. The molecule has 1 aromatic heterocycles. The van der Waals surface area contributed by atoms with Crippen molar-refractivity contribution in [1.82, 2.24) is 14.9 Å². The number of nitrogens with one attached hydrogen (secondary N) is 1. The summed E-state index contributed by atoms with van der Waals surface area (Å²) in [4.78, 5) is 10.7. The van der Waals surface area contributed by atoms with Gasteiger partial charge in [0.1, 0.15) is 0 Å². The van der Waals surface area contributed by atoms with Crippen molar-refractivity contribution in [1.29, 1.82) is 0 Å². The van der Waals surface area contributed by atoms with E-state index < -0.39 is 0 Å². The fourth-order valence-corrected chi connectivity index (χ4v) is 2.32. The SMILES string of the molecule is COc1nccnc1NCCN1CCC(CO)CC1. The van der Waals surface area contributed by atoms with Crippen molar-refractivity contribution in [3.8, 4) is 5.88 Å². The molecule has 0 aromatic carbocycles. The first-order chi connectivity index (χ1) is 9.33. The Bertz CT molecular complexity index is 381. The third kappa shape index (κ3) is 4.04. The quantitative estimate of drug-likeness (QED) is 0.786. The van der Waals surface area contributed by atoms with Gasteiger partial charge >= 0.3 is 0 Å². The van der Waals surface area contributed by atoms with Gasteiger partial charge in [-0.25, -0.2) is 9.97 Å². The molecule has 2 rings (SSSR count). The van der Waals surface area contributed by atoms with E-state index in [-0.39, 0.29) is 0 Å². The normalized spacial score (nSPS) is 17.4. The molecular weight excluding hydrogens is 244 g/mol. The van der Waals surface area contributed by atoms with Crippen molar-refractivity contribution < 1.29 is 9.84 Å². The van der Waals surface area contributed by atoms with Gasteiger partial charge in [-0.3, -0.25) is 0 Å². The van der Waals surface area contributed by atoms with E-state index in [2.05, 4.69) is 20.2 Å². The molecule has 0 aliphatic carbocycles. The first-order valence-electron chi connectivity index (χ1n) is 6.75. The Morgan fingerprint density at radius 2 is 2.11 bits per heavy atom. The van der Waals surface area contributed by atoms with Crippen LogP contribution >= 0.6 is 0 Å². The summed E-state index contributed by atoms with van der Waals surface area (Å²) in [5.41, 5.74) is 0. The van der Waals surface area contributed by atoms with E-state index in [0.717, 1.165) is 39.0 Å². The average molecular weight is 266 g/mol. The van der Waals surface area contributed by atoms with Crippen molar-refractivity contribution in [2.75, 3.05) is 45.2 Å². The summed E-state index contributed by atoms with van der Waals surface area (Å²) in [6.45, 7) is 4.23. The van der Waals surface area contributed by atoms with E-state index in [1.807, 2.05) is 0 Å². The van der Waals surface area contributed by atoms with Gasteiger partial charge in [0.15, 0.2) is 5.82 Å². The van der Waals surface area contributed by atoms with Crippen LogP contribution in [0.2, 0.25) is 0 Å². The summed E-state index contributed by atoms with van der Waals surface area (Å²) in [6, 6.07) is 0. The number of ether oxygens (including phenoxy) is 1. The molecule has 0 atom stereocenters. The molecule has 6 nitrogen and oxygen atoms in total. The van der Waals surface area contributed by atoms with E-state index >= 15 is 0 Å². The van der Waals surface area contributed by atoms with Crippen molar-refractivity contribution in [2.45, 2.75) is 12.8 Å². The highest BCUT2D eigenvalue weighted by Gasteiger charge is 2.17. The van der Waals surface area contributed by atoms with Gasteiger partial charge in [0.2, 0.25) is 0 Å². The Labute approximate surface area is 113 Å². The molecule has 106 valence electrons. The lowest BCUT2D eigenvalue weighted by Crippen LogP contribution is -2.37. The predicted octanol–water partition coefficient (Wildman–Crippen LogP) is 0.601. The van der Waals surface area contributed by atoms with Crippen LogP contribution in [0.15, 0.2) is 12.4 Å². The van der Waals surface area contributed by atoms with Gasteiger partial charge in [0, 0.05) is 32.1 Å². The Morgan fingerprint density at radius 3 is 2.79 bits per heavy atom. The smallest absolute Gasteiger partial charge is 0.257 e. The number of rotatable bonds is 6. The number of aliphatic hydroxyl groups excluding tert-OH is 1. The number of aliphatic hydroxyl groups is 1. The Hall–Kier alpha value is -1.40. The van der Waals surface area contributed by atoms with Gasteiger partial charge < -0.3 is 20.1 Å². The Kier molecular flexibility index (Phi) is 5.35. The van der Waals surface area contributed by atoms with E-state index in [4.69, 9.17) is 9.84 Å². The third-order valence-electron chi connectivity index (χ3n) is 3.54. The van der Waals surface area contributed by atoms with E-state index in [9.17, 15) is 0 Å². The summed E-state index contributed by atoms with van der Waals surface area (Å²) in [6.07, 6.45) is 5.44. The topological polar surface area (TPSA) is 70.5 Å². The first kappa shape index (κ1) is 14.0. The lowest BCUT2D eigenvalue weighted by Gasteiger charge is -2.31. The molecule has 0 saturated carbocycles. The third-order valence-corrected chi connectivity index (χ3v) is 3.54. The summed E-state index contributed by atoms with van der Waals surface area (Å²) in [5, 5.41) is 12.3. The van der Waals surface area contributed by atoms with Gasteiger partial charge in [-0.05, 0) is 31.8 Å². The lowest BCUT2D eigenvalue weighted by atomic mass is 9.98. The zero-order valence-corrected chi connectivity index (χ0v) is 11.4. The summed E-state index contributed by atoms with van der Waals surface area (Å²) >= 11 is 0. The number of anilines is 1. The molecule has 0 radical (unpaired) electrons. The number of methoxy groups -OCH3 is 1. The van der Waals surface area contributed by atoms with Gasteiger partial charge in [0.25, 0.3) is 5.88 Å². The highest BCUT2D eigenvalue weighted by atomic mass is 16.5. The molecule has 1 aliphatic rings. The van der Waals surface area contributed by atoms with Crippen molar-refractivity contribution in [2.24, 2.45) is 5.92 Å². The van der Waals surface area contributed by atoms with Crippen LogP contribution in [0.3, 0.4) is 0 Å². The molecule has 2 N–H and O–H groups in total. The number of nitrogens with zero attached hydrogens (tertiary/aromatic N) is 3. The highest BCUT2D eigenvalue weighted by molar-refractivity contribution is 5.44. The molecular formula is C13H22N4O2. The molecule has 0 amide bonds. The number of aromatic nitrogens is 2. The maximum absolute atomic E-state index is 9.10. The summed E-state index contributed by atoms with van der Waals surface area (Å²) in [7, 11) is 1.59. The van der Waals surface area contributed by atoms with Crippen LogP contribution in [0, 0.1) is 5.92 Å². The maximum Gasteiger partial charge on any atom is 0.257 e. The molecule has 0 spiro atoms. The van der Waals surface area contributed by atoms with Crippen molar-refractivity contribution in [3.05, 3.63) is 12.4 Å². The fourth-order valence-electron chi connectivity index (χ4n) is 2.32. The maximum atomic E-state index is 9.10. The molecule has 2 heterocycles. The van der Waals surface area contributed by atoms with Gasteiger partial charge in [-0.15, -0.1) is 0 Å². The van der Waals surface area contributed by atoms with Crippen LogP contribution in [0.25, 0.3) is 0 Å². The number of likely N-dealkylation sites (tertiary alicyclic amines) is 1. The van der Waals surface area contributed by atoms with Gasteiger partial charge in [-0.2, -0.15) is 0 Å². The Balaban J connectivity index is 1.72. The minimum Gasteiger partial charge on any atom is -0.478 e. The van der Waals surface area contributed by atoms with Crippen molar-refractivity contribution in [3.63, 3.8) is 0 Å². The van der Waals surface area contributed by atoms with Gasteiger partial charge in [0.05, 0.1) is 7.11 Å². The van der Waals surface area contributed by atoms with E-state index in [1.165, 1.54) is 0 Å². The van der Waals surface area contributed by atoms with Crippen LogP contribution in [-0.2, 0) is 0 Å². The number of hydrogen-bond acceptors (Lipinski definition) is 6. The van der Waals surface area contributed by atoms with Crippen LogP contribution in [-0.4, -0.2) is 59.9 Å². The minimum atomic E-state index is 0.322. The van der Waals surface area contributed by atoms with Crippen LogP contribution in [0.4, 0.5) is 5.82 Å². The molecule has 0 bridgehead atoms.